The summed E-state index contributed by atoms with van der Waals surface area (Å²) in [4.78, 5) is 11.0. The minimum Gasteiger partial charge on any atom is -0.480 e. The molecule has 1 atom stereocenters. The van der Waals surface area contributed by atoms with Gasteiger partial charge in [0.05, 0.1) is 0 Å². The molecule has 66 valence electrons. The Balaban J connectivity index is 3.00. The molecule has 0 fully saturated rings. The molecule has 2 nitrogen and oxygen atoms in total. The first-order valence-electron chi connectivity index (χ1n) is 4.20. The van der Waals surface area contributed by atoms with Crippen molar-refractivity contribution in [1.29, 1.82) is 0 Å². The van der Waals surface area contributed by atoms with Crippen molar-refractivity contribution in [2.24, 2.45) is 5.41 Å². The van der Waals surface area contributed by atoms with E-state index in [1.165, 1.54) is 0 Å². The molecule has 1 rings (SSSR count). The van der Waals surface area contributed by atoms with Gasteiger partial charge in [0.2, 0.25) is 0 Å². The molecule has 1 aliphatic carbocycles. The van der Waals surface area contributed by atoms with Crippen molar-refractivity contribution < 1.29 is 9.90 Å². The lowest BCUT2D eigenvalue weighted by Crippen LogP contribution is -2.27. The topological polar surface area (TPSA) is 37.3 Å². The molecule has 0 radical (unpaired) electrons. The number of aliphatic carboxylic acids is 1. The van der Waals surface area contributed by atoms with Crippen molar-refractivity contribution in [3.05, 3.63) is 23.8 Å². The highest BCUT2D eigenvalue weighted by atomic mass is 16.4. The predicted octanol–water partition coefficient (Wildman–Crippen LogP) is 2.37. The van der Waals surface area contributed by atoms with Gasteiger partial charge in [0, 0.05) is 0 Å². The van der Waals surface area contributed by atoms with Crippen LogP contribution in [0, 0.1) is 5.41 Å². The van der Waals surface area contributed by atoms with E-state index in [0.717, 1.165) is 12.0 Å². The van der Waals surface area contributed by atoms with Crippen LogP contribution in [0.15, 0.2) is 23.8 Å². The zero-order valence-electron chi connectivity index (χ0n) is 7.50. The Hall–Kier alpha value is -1.05. The minimum absolute atomic E-state index is 0.621. The number of hydrogen-bond acceptors (Lipinski definition) is 1. The van der Waals surface area contributed by atoms with E-state index in [1.807, 2.05) is 26.0 Å². The van der Waals surface area contributed by atoms with Crippen LogP contribution in [0.3, 0.4) is 0 Å². The molecule has 1 aliphatic rings. The standard InChI is InChI=1S/C10H14O2/c1-3-10(9(11)12)6-4-5-8(2)7-10/h4,6-7H,3,5H2,1-2H3,(H,11,12). The van der Waals surface area contributed by atoms with E-state index in [2.05, 4.69) is 0 Å². The lowest BCUT2D eigenvalue weighted by atomic mass is 9.79. The van der Waals surface area contributed by atoms with Crippen LogP contribution in [-0.4, -0.2) is 11.1 Å². The fourth-order valence-corrected chi connectivity index (χ4v) is 1.51. The monoisotopic (exact) mass is 166 g/mol. The van der Waals surface area contributed by atoms with Gasteiger partial charge in [-0.1, -0.05) is 30.7 Å². The van der Waals surface area contributed by atoms with Crippen LogP contribution in [-0.2, 0) is 4.79 Å². The van der Waals surface area contributed by atoms with Crippen LogP contribution in [0.2, 0.25) is 0 Å². The summed E-state index contributed by atoms with van der Waals surface area (Å²) in [6, 6.07) is 0. The van der Waals surface area contributed by atoms with E-state index in [-0.39, 0.29) is 0 Å². The first kappa shape index (κ1) is 9.04. The fraction of sp³-hybridized carbons (Fsp3) is 0.500. The highest BCUT2D eigenvalue weighted by Gasteiger charge is 2.32. The Labute approximate surface area is 72.6 Å². The van der Waals surface area contributed by atoms with Gasteiger partial charge in [0.25, 0.3) is 0 Å². The molecular formula is C10H14O2. The zero-order chi connectivity index (χ0) is 9.19. The Morgan fingerprint density at radius 1 is 1.75 bits per heavy atom. The Kier molecular flexibility index (Phi) is 2.36. The highest BCUT2D eigenvalue weighted by molar-refractivity contribution is 5.80. The maximum Gasteiger partial charge on any atom is 0.317 e. The third-order valence-electron chi connectivity index (χ3n) is 2.34. The molecule has 0 saturated heterocycles. The number of hydrogen-bond donors (Lipinski definition) is 1. The van der Waals surface area contributed by atoms with E-state index >= 15 is 0 Å². The lowest BCUT2D eigenvalue weighted by Gasteiger charge is -2.24. The van der Waals surface area contributed by atoms with Crippen molar-refractivity contribution in [3.8, 4) is 0 Å². The van der Waals surface area contributed by atoms with Gasteiger partial charge >= 0.3 is 5.97 Å². The van der Waals surface area contributed by atoms with Crippen LogP contribution in [0.25, 0.3) is 0 Å². The van der Waals surface area contributed by atoms with E-state index in [4.69, 9.17) is 5.11 Å². The quantitative estimate of drug-likeness (QED) is 0.639. The predicted molar refractivity (Wildman–Crippen MR) is 47.9 cm³/mol. The van der Waals surface area contributed by atoms with Gasteiger partial charge in [0.1, 0.15) is 5.41 Å². The molecule has 0 aromatic carbocycles. The molecule has 0 spiro atoms. The number of rotatable bonds is 2. The molecule has 0 aliphatic heterocycles. The first-order valence-corrected chi connectivity index (χ1v) is 4.20. The van der Waals surface area contributed by atoms with Crippen molar-refractivity contribution in [2.45, 2.75) is 26.7 Å². The smallest absolute Gasteiger partial charge is 0.317 e. The number of carboxylic acid groups (broad SMARTS) is 1. The summed E-state index contributed by atoms with van der Waals surface area (Å²) in [5.41, 5.74) is 0.407. The maximum absolute atomic E-state index is 11.0. The van der Waals surface area contributed by atoms with E-state index in [0.29, 0.717) is 6.42 Å². The Morgan fingerprint density at radius 2 is 2.42 bits per heavy atom. The van der Waals surface area contributed by atoms with Crippen molar-refractivity contribution in [1.82, 2.24) is 0 Å². The summed E-state index contributed by atoms with van der Waals surface area (Å²) < 4.78 is 0. The van der Waals surface area contributed by atoms with Gasteiger partial charge in [0.15, 0.2) is 0 Å². The van der Waals surface area contributed by atoms with Gasteiger partial charge in [-0.25, -0.2) is 0 Å². The van der Waals surface area contributed by atoms with E-state index in [9.17, 15) is 4.79 Å². The second-order valence-corrected chi connectivity index (χ2v) is 3.30. The third-order valence-corrected chi connectivity index (χ3v) is 2.34. The average molecular weight is 166 g/mol. The molecule has 2 heteroatoms. The second-order valence-electron chi connectivity index (χ2n) is 3.30. The highest BCUT2D eigenvalue weighted by Crippen LogP contribution is 2.32. The van der Waals surface area contributed by atoms with Crippen LogP contribution in [0.1, 0.15) is 26.7 Å². The second kappa shape index (κ2) is 3.13. The molecule has 0 heterocycles. The molecule has 1 N–H and O–H groups in total. The van der Waals surface area contributed by atoms with Gasteiger partial charge < -0.3 is 5.11 Å². The third kappa shape index (κ3) is 1.42. The number of carbonyl (C=O) groups is 1. The summed E-state index contributed by atoms with van der Waals surface area (Å²) in [5, 5.41) is 9.01. The molecular weight excluding hydrogens is 152 g/mol. The van der Waals surface area contributed by atoms with E-state index in [1.54, 1.807) is 6.08 Å². The summed E-state index contributed by atoms with van der Waals surface area (Å²) >= 11 is 0. The number of allylic oxidation sites excluding steroid dienone is 2. The lowest BCUT2D eigenvalue weighted by molar-refractivity contribution is -0.143. The zero-order valence-corrected chi connectivity index (χ0v) is 7.50. The van der Waals surface area contributed by atoms with Gasteiger partial charge in [-0.2, -0.15) is 0 Å². The summed E-state index contributed by atoms with van der Waals surface area (Å²) in [5.74, 6) is -0.750. The van der Waals surface area contributed by atoms with Crippen LogP contribution >= 0.6 is 0 Å². The first-order chi connectivity index (χ1) is 5.60. The summed E-state index contributed by atoms with van der Waals surface area (Å²) in [6.45, 7) is 3.87. The van der Waals surface area contributed by atoms with Crippen molar-refractivity contribution >= 4 is 5.97 Å². The van der Waals surface area contributed by atoms with Crippen molar-refractivity contribution in [3.63, 3.8) is 0 Å². The number of carboxylic acids is 1. The van der Waals surface area contributed by atoms with Crippen molar-refractivity contribution in [2.75, 3.05) is 0 Å². The Bertz CT molecular complexity index is 251. The van der Waals surface area contributed by atoms with Gasteiger partial charge in [-0.15, -0.1) is 0 Å². The molecule has 0 aromatic heterocycles. The largest absolute Gasteiger partial charge is 0.480 e. The van der Waals surface area contributed by atoms with Gasteiger partial charge in [-0.05, 0) is 19.8 Å². The molecule has 0 saturated carbocycles. The van der Waals surface area contributed by atoms with E-state index < -0.39 is 11.4 Å². The van der Waals surface area contributed by atoms with Crippen LogP contribution < -0.4 is 0 Å². The summed E-state index contributed by atoms with van der Waals surface area (Å²) in [6.07, 6.45) is 7.09. The normalized spacial score (nSPS) is 28.3. The average Bonchev–Trinajstić information content (AvgIpc) is 2.04. The fourth-order valence-electron chi connectivity index (χ4n) is 1.51. The van der Waals surface area contributed by atoms with Crippen LogP contribution in [0.5, 0.6) is 0 Å². The minimum atomic E-state index is -0.750. The molecule has 12 heavy (non-hydrogen) atoms. The summed E-state index contributed by atoms with van der Waals surface area (Å²) in [7, 11) is 0. The SMILES string of the molecule is CCC1(C(=O)O)C=CCC(C)=C1. The molecule has 0 aromatic rings. The molecule has 1 unspecified atom stereocenters. The van der Waals surface area contributed by atoms with Gasteiger partial charge in [-0.3, -0.25) is 4.79 Å². The maximum atomic E-state index is 11.0. The molecule has 0 amide bonds. The molecule has 0 bridgehead atoms. The Morgan fingerprint density at radius 3 is 2.75 bits per heavy atom. The van der Waals surface area contributed by atoms with Crippen LogP contribution in [0.4, 0.5) is 0 Å².